The first-order valence-electron chi connectivity index (χ1n) is 3.31. The summed E-state index contributed by atoms with van der Waals surface area (Å²) in [6, 6.07) is 1.69. The predicted octanol–water partition coefficient (Wildman–Crippen LogP) is 0.964. The van der Waals surface area contributed by atoms with Gasteiger partial charge < -0.3 is 10.2 Å². The van der Waals surface area contributed by atoms with E-state index in [0.29, 0.717) is 0 Å². The van der Waals surface area contributed by atoms with Gasteiger partial charge in [-0.15, -0.1) is 0 Å². The van der Waals surface area contributed by atoms with Crippen molar-refractivity contribution in [1.29, 1.82) is 5.26 Å². The third kappa shape index (κ3) is 7.75. The van der Waals surface area contributed by atoms with Crippen molar-refractivity contribution in [3.8, 4) is 6.07 Å². The molecule has 0 rings (SSSR count). The summed E-state index contributed by atoms with van der Waals surface area (Å²) in [7, 11) is 0. The number of allylic oxidation sites excluding steroid dienone is 3. The van der Waals surface area contributed by atoms with Crippen LogP contribution in [0.5, 0.6) is 0 Å². The summed E-state index contributed by atoms with van der Waals surface area (Å²) in [6.07, 6.45) is 3.21. The first-order valence-corrected chi connectivity index (χ1v) is 3.31. The lowest BCUT2D eigenvalue weighted by Crippen LogP contribution is -2.10. The number of aliphatic carboxylic acids is 2. The molecule has 0 spiro atoms. The molecule has 5 heteroatoms. The van der Waals surface area contributed by atoms with Gasteiger partial charge in [0.25, 0.3) is 0 Å². The molecule has 0 bridgehead atoms. The second kappa shape index (κ2) is 8.74. The van der Waals surface area contributed by atoms with E-state index in [1.54, 1.807) is 6.07 Å². The second-order valence-corrected chi connectivity index (χ2v) is 1.76. The molecule has 14 heavy (non-hydrogen) atoms. The fourth-order valence-electron chi connectivity index (χ4n) is 0.352. The molecule has 2 N–H and O–H groups in total. The molecule has 74 valence electrons. The van der Waals surface area contributed by atoms with Gasteiger partial charge in [0.1, 0.15) is 5.57 Å². The van der Waals surface area contributed by atoms with Gasteiger partial charge in [-0.25, -0.2) is 9.59 Å². The fraction of sp³-hybridized carbons (Fsp3) is 0. The van der Waals surface area contributed by atoms with Gasteiger partial charge in [0.15, 0.2) is 0 Å². The topological polar surface area (TPSA) is 98.4 Å². The van der Waals surface area contributed by atoms with Crippen LogP contribution in [-0.2, 0) is 9.59 Å². The molecule has 0 atom stereocenters. The van der Waals surface area contributed by atoms with E-state index in [1.807, 2.05) is 0 Å². The SMILES string of the molecule is C=CC#N.C=CC=C(C(=O)O)C(=O)O. The van der Waals surface area contributed by atoms with E-state index in [2.05, 4.69) is 13.2 Å². The molecule has 0 aromatic heterocycles. The van der Waals surface area contributed by atoms with Gasteiger partial charge in [-0.2, -0.15) is 5.26 Å². The van der Waals surface area contributed by atoms with Crippen molar-refractivity contribution in [3.63, 3.8) is 0 Å². The molecule has 0 heterocycles. The van der Waals surface area contributed by atoms with Crippen molar-refractivity contribution < 1.29 is 19.8 Å². The summed E-state index contributed by atoms with van der Waals surface area (Å²) >= 11 is 0. The third-order valence-electron chi connectivity index (χ3n) is 0.837. The molecule has 0 fully saturated rings. The Morgan fingerprint density at radius 1 is 1.21 bits per heavy atom. The largest absolute Gasteiger partial charge is 0.477 e. The van der Waals surface area contributed by atoms with Crippen molar-refractivity contribution in [2.75, 3.05) is 0 Å². The highest BCUT2D eigenvalue weighted by Gasteiger charge is 2.13. The summed E-state index contributed by atoms with van der Waals surface area (Å²) in [6.45, 7) is 6.28. The van der Waals surface area contributed by atoms with Crippen LogP contribution in [0.2, 0.25) is 0 Å². The second-order valence-electron chi connectivity index (χ2n) is 1.76. The zero-order valence-corrected chi connectivity index (χ0v) is 7.30. The van der Waals surface area contributed by atoms with Gasteiger partial charge in [0, 0.05) is 6.08 Å². The normalized spacial score (nSPS) is 6.79. The highest BCUT2D eigenvalue weighted by molar-refractivity contribution is 6.12. The van der Waals surface area contributed by atoms with E-state index in [0.717, 1.165) is 12.2 Å². The Bertz CT molecular complexity index is 293. The zero-order chi connectivity index (χ0) is 11.6. The summed E-state index contributed by atoms with van der Waals surface area (Å²) in [5.74, 6) is -2.93. The minimum Gasteiger partial charge on any atom is -0.477 e. The zero-order valence-electron chi connectivity index (χ0n) is 7.30. The maximum Gasteiger partial charge on any atom is 0.343 e. The molecular weight excluding hydrogens is 186 g/mol. The van der Waals surface area contributed by atoms with Crippen molar-refractivity contribution in [3.05, 3.63) is 37.0 Å². The molecule has 0 aromatic carbocycles. The van der Waals surface area contributed by atoms with Crippen LogP contribution in [0.4, 0.5) is 0 Å². The van der Waals surface area contributed by atoms with Crippen LogP contribution in [0.3, 0.4) is 0 Å². The van der Waals surface area contributed by atoms with Crippen LogP contribution in [0.25, 0.3) is 0 Å². The predicted molar refractivity (Wildman–Crippen MR) is 49.4 cm³/mol. The lowest BCUT2D eigenvalue weighted by atomic mass is 10.2. The Hall–Kier alpha value is -2.35. The molecule has 0 aliphatic rings. The number of carboxylic acids is 2. The summed E-state index contributed by atoms with van der Waals surface area (Å²) in [5, 5.41) is 23.9. The Balaban J connectivity index is 0. The van der Waals surface area contributed by atoms with Crippen LogP contribution in [0.1, 0.15) is 0 Å². The van der Waals surface area contributed by atoms with E-state index in [1.165, 1.54) is 6.08 Å². The van der Waals surface area contributed by atoms with Gasteiger partial charge in [0.2, 0.25) is 0 Å². The Labute approximate surface area is 80.9 Å². The van der Waals surface area contributed by atoms with Crippen LogP contribution in [-0.4, -0.2) is 22.2 Å². The van der Waals surface area contributed by atoms with Crippen molar-refractivity contribution in [1.82, 2.24) is 0 Å². The van der Waals surface area contributed by atoms with Crippen molar-refractivity contribution in [2.45, 2.75) is 0 Å². The number of carbonyl (C=O) groups is 2. The summed E-state index contributed by atoms with van der Waals surface area (Å²) in [4.78, 5) is 20.1. The lowest BCUT2D eigenvalue weighted by molar-refractivity contribution is -0.140. The van der Waals surface area contributed by atoms with Crippen LogP contribution < -0.4 is 0 Å². The van der Waals surface area contributed by atoms with E-state index in [9.17, 15) is 9.59 Å². The van der Waals surface area contributed by atoms with Gasteiger partial charge in [-0.1, -0.05) is 19.2 Å². The maximum absolute atomic E-state index is 10.0. The molecule has 0 aliphatic heterocycles. The van der Waals surface area contributed by atoms with Crippen LogP contribution >= 0.6 is 0 Å². The van der Waals surface area contributed by atoms with Crippen molar-refractivity contribution in [2.24, 2.45) is 0 Å². The first kappa shape index (κ1) is 14.2. The highest BCUT2D eigenvalue weighted by Crippen LogP contribution is 1.93. The van der Waals surface area contributed by atoms with Gasteiger partial charge in [0.05, 0.1) is 6.07 Å². The van der Waals surface area contributed by atoms with Gasteiger partial charge >= 0.3 is 11.9 Å². The molecule has 0 aliphatic carbocycles. The highest BCUT2D eigenvalue weighted by atomic mass is 16.4. The molecule has 0 amide bonds. The fourth-order valence-corrected chi connectivity index (χ4v) is 0.352. The van der Waals surface area contributed by atoms with Crippen LogP contribution in [0.15, 0.2) is 37.0 Å². The smallest absolute Gasteiger partial charge is 0.343 e. The molecule has 0 saturated heterocycles. The average molecular weight is 195 g/mol. The maximum atomic E-state index is 10.0. The third-order valence-corrected chi connectivity index (χ3v) is 0.837. The lowest BCUT2D eigenvalue weighted by Gasteiger charge is -1.89. The first-order chi connectivity index (χ1) is 6.51. The standard InChI is InChI=1S/C6H6O4.C3H3N/c1-2-3-4(5(7)8)6(9)10;1-2-3-4/h2-3H,1H2,(H,7,8)(H,9,10);2H,1H2. The van der Waals surface area contributed by atoms with E-state index >= 15 is 0 Å². The number of rotatable bonds is 3. The Morgan fingerprint density at radius 2 is 1.57 bits per heavy atom. The van der Waals surface area contributed by atoms with Gasteiger partial charge in [-0.05, 0) is 6.08 Å². The van der Waals surface area contributed by atoms with Crippen LogP contribution in [0, 0.1) is 11.3 Å². The minimum absolute atomic E-state index is 0.685. The quantitative estimate of drug-likeness (QED) is 0.230. The van der Waals surface area contributed by atoms with Gasteiger partial charge in [-0.3, -0.25) is 0 Å². The Kier molecular flexibility index (Phi) is 8.86. The average Bonchev–Trinajstić information content (AvgIpc) is 2.13. The number of nitrogens with zero attached hydrogens (tertiary/aromatic N) is 1. The number of nitriles is 1. The molecule has 0 aromatic rings. The number of hydrogen-bond donors (Lipinski definition) is 2. The number of hydrogen-bond acceptors (Lipinski definition) is 3. The van der Waals surface area contributed by atoms with Crippen molar-refractivity contribution >= 4 is 11.9 Å². The van der Waals surface area contributed by atoms with E-state index in [-0.39, 0.29) is 0 Å². The summed E-state index contributed by atoms with van der Waals surface area (Å²) in [5.41, 5.74) is -0.685. The molecule has 0 saturated carbocycles. The minimum atomic E-state index is -1.47. The monoisotopic (exact) mass is 195 g/mol. The Morgan fingerprint density at radius 3 is 1.64 bits per heavy atom. The molecular formula is C9H9NO4. The number of carboxylic acid groups (broad SMARTS) is 2. The molecule has 0 radical (unpaired) electrons. The molecule has 0 unspecified atom stereocenters. The van der Waals surface area contributed by atoms with E-state index < -0.39 is 17.5 Å². The summed E-state index contributed by atoms with van der Waals surface area (Å²) < 4.78 is 0. The van der Waals surface area contributed by atoms with E-state index in [4.69, 9.17) is 15.5 Å². The molecule has 5 nitrogen and oxygen atoms in total.